The molecule has 7 nitrogen and oxygen atoms in total. The van der Waals surface area contributed by atoms with E-state index < -0.39 is 12.1 Å². The zero-order valence-corrected chi connectivity index (χ0v) is 19.8. The lowest BCUT2D eigenvalue weighted by molar-refractivity contribution is -0.141. The van der Waals surface area contributed by atoms with E-state index in [9.17, 15) is 14.4 Å². The molecule has 1 saturated carbocycles. The maximum Gasteiger partial charge on any atom is 0.407 e. The molecule has 0 radical (unpaired) electrons. The van der Waals surface area contributed by atoms with Crippen LogP contribution in [-0.2, 0) is 14.3 Å². The van der Waals surface area contributed by atoms with Crippen LogP contribution in [0.15, 0.2) is 48.5 Å². The molecule has 2 amide bonds. The van der Waals surface area contributed by atoms with Crippen LogP contribution in [0.2, 0.25) is 0 Å². The highest BCUT2D eigenvalue weighted by molar-refractivity contribution is 5.81. The van der Waals surface area contributed by atoms with Crippen molar-refractivity contribution >= 4 is 18.0 Å². The largest absolute Gasteiger partial charge is 0.481 e. The fraction of sp³-hybridized carbons (Fsp3) is 0.464. The normalized spacial score (nSPS) is 23.1. The Labute approximate surface area is 205 Å². The van der Waals surface area contributed by atoms with E-state index in [2.05, 4.69) is 29.6 Å². The van der Waals surface area contributed by atoms with Crippen LogP contribution in [0.25, 0.3) is 11.1 Å². The van der Waals surface area contributed by atoms with Crippen LogP contribution in [0, 0.1) is 11.8 Å². The van der Waals surface area contributed by atoms with Gasteiger partial charge in [-0.3, -0.25) is 9.59 Å². The van der Waals surface area contributed by atoms with Gasteiger partial charge in [0.1, 0.15) is 6.61 Å². The number of benzene rings is 2. The Morgan fingerprint density at radius 1 is 1.00 bits per heavy atom. The highest BCUT2D eigenvalue weighted by atomic mass is 16.5. The van der Waals surface area contributed by atoms with Gasteiger partial charge in [-0.25, -0.2) is 4.79 Å². The van der Waals surface area contributed by atoms with Crippen LogP contribution < -0.4 is 5.32 Å². The van der Waals surface area contributed by atoms with E-state index in [-0.39, 0.29) is 42.7 Å². The third-order valence-electron chi connectivity index (χ3n) is 7.75. The van der Waals surface area contributed by atoms with Gasteiger partial charge >= 0.3 is 12.1 Å². The number of carboxylic acids is 1. The first-order valence-corrected chi connectivity index (χ1v) is 12.6. The Morgan fingerprint density at radius 2 is 1.66 bits per heavy atom. The van der Waals surface area contributed by atoms with Crippen LogP contribution in [0.5, 0.6) is 0 Å². The van der Waals surface area contributed by atoms with Crippen molar-refractivity contribution in [3.63, 3.8) is 0 Å². The molecule has 2 aliphatic carbocycles. The molecule has 0 bridgehead atoms. The summed E-state index contributed by atoms with van der Waals surface area (Å²) in [5.74, 6) is -0.437. The molecule has 1 saturated heterocycles. The molecule has 2 aromatic carbocycles. The Morgan fingerprint density at radius 3 is 2.31 bits per heavy atom. The van der Waals surface area contributed by atoms with Crippen molar-refractivity contribution in [2.75, 3.05) is 19.7 Å². The van der Waals surface area contributed by atoms with Crippen molar-refractivity contribution in [2.24, 2.45) is 11.8 Å². The third-order valence-corrected chi connectivity index (χ3v) is 7.75. The van der Waals surface area contributed by atoms with Crippen LogP contribution in [-0.4, -0.2) is 53.7 Å². The van der Waals surface area contributed by atoms with E-state index in [1.807, 2.05) is 29.2 Å². The zero-order chi connectivity index (χ0) is 24.4. The quantitative estimate of drug-likeness (QED) is 0.617. The third kappa shape index (κ3) is 5.04. The van der Waals surface area contributed by atoms with E-state index in [0.29, 0.717) is 25.8 Å². The summed E-state index contributed by atoms with van der Waals surface area (Å²) in [6, 6.07) is 16.4. The van der Waals surface area contributed by atoms with Gasteiger partial charge in [-0.15, -0.1) is 0 Å². The smallest absolute Gasteiger partial charge is 0.407 e. The Balaban J connectivity index is 1.08. The number of amides is 2. The van der Waals surface area contributed by atoms with Crippen molar-refractivity contribution < 1.29 is 24.2 Å². The molecular formula is C28H32N2O5. The number of aliphatic carboxylic acids is 1. The minimum Gasteiger partial charge on any atom is -0.481 e. The molecule has 2 aromatic rings. The number of carboxylic acid groups (broad SMARTS) is 1. The van der Waals surface area contributed by atoms with Crippen LogP contribution in [0.1, 0.15) is 55.6 Å². The molecule has 1 aliphatic heterocycles. The molecule has 184 valence electrons. The number of nitrogens with one attached hydrogen (secondary N) is 1. The first-order chi connectivity index (χ1) is 17.0. The molecule has 1 atom stereocenters. The number of carbonyl (C=O) groups is 3. The predicted molar refractivity (Wildman–Crippen MR) is 131 cm³/mol. The number of nitrogens with zero attached hydrogens (tertiary/aromatic N) is 1. The van der Waals surface area contributed by atoms with E-state index in [1.165, 1.54) is 22.3 Å². The lowest BCUT2D eigenvalue weighted by atomic mass is 9.78. The molecule has 3 aliphatic rings. The summed E-state index contributed by atoms with van der Waals surface area (Å²) in [7, 11) is 0. The molecular weight excluding hydrogens is 444 g/mol. The van der Waals surface area contributed by atoms with Crippen molar-refractivity contribution in [3.05, 3.63) is 59.7 Å². The van der Waals surface area contributed by atoms with E-state index >= 15 is 0 Å². The van der Waals surface area contributed by atoms with E-state index in [4.69, 9.17) is 9.84 Å². The van der Waals surface area contributed by atoms with Gasteiger partial charge in [0.05, 0.1) is 0 Å². The summed E-state index contributed by atoms with van der Waals surface area (Å²) < 4.78 is 5.63. The number of likely N-dealkylation sites (tertiary alicyclic amines) is 1. The second-order valence-electron chi connectivity index (χ2n) is 10.1. The van der Waals surface area contributed by atoms with Gasteiger partial charge in [-0.05, 0) is 60.3 Å². The van der Waals surface area contributed by atoms with Crippen molar-refractivity contribution in [1.29, 1.82) is 0 Å². The number of hydrogen-bond acceptors (Lipinski definition) is 4. The van der Waals surface area contributed by atoms with Gasteiger partial charge in [0.2, 0.25) is 5.91 Å². The molecule has 1 unspecified atom stereocenters. The Kier molecular flexibility index (Phi) is 6.75. The second-order valence-corrected chi connectivity index (χ2v) is 10.1. The van der Waals surface area contributed by atoms with Crippen molar-refractivity contribution in [2.45, 2.75) is 50.5 Å². The van der Waals surface area contributed by atoms with Gasteiger partial charge in [0, 0.05) is 37.4 Å². The minimum atomic E-state index is -0.783. The van der Waals surface area contributed by atoms with E-state index in [0.717, 1.165) is 19.4 Å². The number of piperidine rings is 1. The predicted octanol–water partition coefficient (Wildman–Crippen LogP) is 4.41. The maximum atomic E-state index is 12.9. The fourth-order valence-corrected chi connectivity index (χ4v) is 5.83. The molecule has 0 aromatic heterocycles. The first kappa shape index (κ1) is 23.4. The molecule has 5 rings (SSSR count). The summed E-state index contributed by atoms with van der Waals surface area (Å²) >= 11 is 0. The van der Waals surface area contributed by atoms with Crippen LogP contribution in [0.4, 0.5) is 4.79 Å². The Bertz CT molecular complexity index is 1060. The summed E-state index contributed by atoms with van der Waals surface area (Å²) in [6.07, 6.45) is 3.49. The number of ether oxygens (including phenoxy) is 1. The van der Waals surface area contributed by atoms with Crippen LogP contribution in [0.3, 0.4) is 0 Å². The topological polar surface area (TPSA) is 95.9 Å². The van der Waals surface area contributed by atoms with Gasteiger partial charge in [0.15, 0.2) is 0 Å². The number of hydrogen-bond donors (Lipinski definition) is 2. The number of carbonyl (C=O) groups excluding carboxylic acids is 2. The highest BCUT2D eigenvalue weighted by Crippen LogP contribution is 2.44. The molecule has 0 spiro atoms. The summed E-state index contributed by atoms with van der Waals surface area (Å²) in [6.45, 7) is 1.66. The monoisotopic (exact) mass is 476 g/mol. The highest BCUT2D eigenvalue weighted by Gasteiger charge is 2.39. The Hall–Kier alpha value is -3.35. The SMILES string of the molecule is O=C(O)CCC1CCCN(C(=O)C2CC(NC(=O)OCC3c4ccccc4-c4ccccc43)C2)C1. The lowest BCUT2D eigenvalue weighted by Crippen LogP contribution is -2.52. The molecule has 35 heavy (non-hydrogen) atoms. The standard InChI is InChI=1S/C28H32N2O5/c31-26(32)12-11-18-6-5-13-30(16-18)27(33)19-14-20(15-19)29-28(34)35-17-25-23-9-3-1-7-21(23)22-8-2-4-10-24(22)25/h1-4,7-10,18-20,25H,5-6,11-17H2,(H,29,34)(H,31,32). The maximum absolute atomic E-state index is 12.9. The summed E-state index contributed by atoms with van der Waals surface area (Å²) in [5.41, 5.74) is 4.75. The lowest BCUT2D eigenvalue weighted by Gasteiger charge is -2.40. The van der Waals surface area contributed by atoms with Crippen molar-refractivity contribution in [1.82, 2.24) is 10.2 Å². The molecule has 7 heteroatoms. The van der Waals surface area contributed by atoms with Gasteiger partial charge in [0.25, 0.3) is 0 Å². The fourth-order valence-electron chi connectivity index (χ4n) is 5.83. The molecule has 2 fully saturated rings. The van der Waals surface area contributed by atoms with Gasteiger partial charge in [-0.1, -0.05) is 48.5 Å². The average Bonchev–Trinajstić information content (AvgIpc) is 3.17. The number of alkyl carbamates (subject to hydrolysis) is 1. The van der Waals surface area contributed by atoms with Crippen molar-refractivity contribution in [3.8, 4) is 11.1 Å². The van der Waals surface area contributed by atoms with Gasteiger partial charge in [-0.2, -0.15) is 0 Å². The minimum absolute atomic E-state index is 0.0250. The summed E-state index contributed by atoms with van der Waals surface area (Å²) in [5, 5.41) is 11.8. The van der Waals surface area contributed by atoms with Crippen LogP contribution >= 0.6 is 0 Å². The second kappa shape index (κ2) is 10.1. The average molecular weight is 477 g/mol. The van der Waals surface area contributed by atoms with E-state index in [1.54, 1.807) is 0 Å². The zero-order valence-electron chi connectivity index (χ0n) is 19.8. The van der Waals surface area contributed by atoms with Gasteiger partial charge < -0.3 is 20.1 Å². The number of fused-ring (bicyclic) bond motifs is 3. The number of rotatable bonds is 7. The summed E-state index contributed by atoms with van der Waals surface area (Å²) in [4.78, 5) is 38.1. The first-order valence-electron chi connectivity index (χ1n) is 12.6. The molecule has 1 heterocycles. The molecule has 2 N–H and O–H groups in total.